The lowest BCUT2D eigenvalue weighted by molar-refractivity contribution is -0.136. The number of halogens is 1. The molecule has 224 valence electrons. The summed E-state index contributed by atoms with van der Waals surface area (Å²) in [5.74, 6) is -2.09. The van der Waals surface area contributed by atoms with E-state index in [0.29, 0.717) is 22.8 Å². The standard InChI is InChI=1S/C33H31ClN6O4/c1-20-15-22(5-7-23(20)19-38-11-13-39(14-12-38)27-8-6-21(17-35)16-25(27)34)18-36-26-4-2-3-24-30(26)33(44)40(32(24)43)28-9-10-29(41)37-31(28)42/h2-8,15-16,28,36H,9-14,18-19H2,1H3,(H,37,41,42). The average molecular weight is 611 g/mol. The molecule has 3 aliphatic rings. The van der Waals surface area contributed by atoms with Crippen molar-refractivity contribution < 1.29 is 19.2 Å². The van der Waals surface area contributed by atoms with Gasteiger partial charge in [-0.1, -0.05) is 35.9 Å². The number of piperazine rings is 1. The van der Waals surface area contributed by atoms with E-state index in [1.807, 2.05) is 6.07 Å². The normalized spacial score (nSPS) is 18.7. The Kier molecular flexibility index (Phi) is 8.08. The van der Waals surface area contributed by atoms with Crippen LogP contribution in [0.15, 0.2) is 54.6 Å². The summed E-state index contributed by atoms with van der Waals surface area (Å²) in [6.45, 7) is 6.83. The number of fused-ring (bicyclic) bond motifs is 1. The second kappa shape index (κ2) is 12.1. The van der Waals surface area contributed by atoms with Gasteiger partial charge in [-0.05, 0) is 60.4 Å². The predicted octanol–water partition coefficient (Wildman–Crippen LogP) is 3.86. The van der Waals surface area contributed by atoms with Gasteiger partial charge in [-0.25, -0.2) is 0 Å². The third kappa shape index (κ3) is 5.64. The first kappa shape index (κ1) is 29.4. The zero-order valence-electron chi connectivity index (χ0n) is 24.2. The quantitative estimate of drug-likeness (QED) is 0.387. The molecule has 2 N–H and O–H groups in total. The number of amides is 4. The van der Waals surface area contributed by atoms with Crippen LogP contribution in [0.2, 0.25) is 5.02 Å². The summed E-state index contributed by atoms with van der Waals surface area (Å²) in [6.07, 6.45) is 0.194. The second-order valence-corrected chi connectivity index (χ2v) is 11.7. The molecule has 11 heteroatoms. The molecule has 10 nitrogen and oxygen atoms in total. The Morgan fingerprint density at radius 3 is 2.50 bits per heavy atom. The number of nitrogens with zero attached hydrogens (tertiary/aromatic N) is 4. The Labute approximate surface area is 260 Å². The molecule has 1 unspecified atom stereocenters. The van der Waals surface area contributed by atoms with Gasteiger partial charge in [-0.2, -0.15) is 5.26 Å². The fraction of sp³-hybridized carbons (Fsp3) is 0.303. The zero-order valence-corrected chi connectivity index (χ0v) is 25.0. The number of nitrogens with one attached hydrogen (secondary N) is 2. The van der Waals surface area contributed by atoms with Gasteiger partial charge in [-0.15, -0.1) is 0 Å². The van der Waals surface area contributed by atoms with Crippen molar-refractivity contribution in [3.05, 3.63) is 93.0 Å². The van der Waals surface area contributed by atoms with Gasteiger partial charge in [0.2, 0.25) is 11.8 Å². The Morgan fingerprint density at radius 2 is 1.80 bits per heavy atom. The van der Waals surface area contributed by atoms with Crippen molar-refractivity contribution in [2.45, 2.75) is 38.9 Å². The largest absolute Gasteiger partial charge is 0.380 e. The Balaban J connectivity index is 1.07. The van der Waals surface area contributed by atoms with E-state index < -0.39 is 29.7 Å². The van der Waals surface area contributed by atoms with Gasteiger partial charge in [0.25, 0.3) is 11.8 Å². The van der Waals surface area contributed by atoms with Gasteiger partial charge in [0.15, 0.2) is 0 Å². The third-order valence-corrected chi connectivity index (χ3v) is 8.84. The van der Waals surface area contributed by atoms with Crippen molar-refractivity contribution in [2.75, 3.05) is 36.4 Å². The number of imide groups is 2. The molecule has 1 atom stereocenters. The molecular formula is C33H31ClN6O4. The molecule has 44 heavy (non-hydrogen) atoms. The van der Waals surface area contributed by atoms with E-state index in [1.165, 1.54) is 5.56 Å². The summed E-state index contributed by atoms with van der Waals surface area (Å²) in [4.78, 5) is 56.1. The van der Waals surface area contributed by atoms with Crippen molar-refractivity contribution in [1.82, 2.24) is 15.1 Å². The molecule has 4 amide bonds. The van der Waals surface area contributed by atoms with Crippen LogP contribution in [0.1, 0.15) is 55.8 Å². The molecule has 3 aromatic carbocycles. The van der Waals surface area contributed by atoms with E-state index in [1.54, 1.807) is 30.3 Å². The molecule has 3 heterocycles. The van der Waals surface area contributed by atoms with E-state index in [9.17, 15) is 19.2 Å². The molecule has 0 bridgehead atoms. The summed E-state index contributed by atoms with van der Waals surface area (Å²) in [5, 5.41) is 15.2. The first-order valence-electron chi connectivity index (χ1n) is 14.6. The molecule has 2 saturated heterocycles. The Hall–Kier alpha value is -4.72. The van der Waals surface area contributed by atoms with Crippen LogP contribution >= 0.6 is 11.6 Å². The second-order valence-electron chi connectivity index (χ2n) is 11.3. The molecule has 0 aliphatic carbocycles. The number of carbonyl (C=O) groups excluding carboxylic acids is 4. The number of hydrogen-bond donors (Lipinski definition) is 2. The van der Waals surface area contributed by atoms with Crippen LogP contribution in [0.5, 0.6) is 0 Å². The SMILES string of the molecule is Cc1cc(CNc2cccc3c2C(=O)N(C2CCC(=O)NC2=O)C3=O)ccc1CN1CCN(c2ccc(C#N)cc2Cl)CC1. The van der Waals surface area contributed by atoms with Crippen LogP contribution in [0.4, 0.5) is 11.4 Å². The first-order chi connectivity index (χ1) is 21.2. The molecule has 0 aromatic heterocycles. The highest BCUT2D eigenvalue weighted by Crippen LogP contribution is 2.33. The number of hydrogen-bond acceptors (Lipinski definition) is 8. The van der Waals surface area contributed by atoms with Crippen LogP contribution in [0.3, 0.4) is 0 Å². The molecule has 3 aliphatic heterocycles. The average Bonchev–Trinajstić information content (AvgIpc) is 3.27. The van der Waals surface area contributed by atoms with E-state index in [2.05, 4.69) is 51.6 Å². The van der Waals surface area contributed by atoms with Crippen molar-refractivity contribution in [3.63, 3.8) is 0 Å². The maximum absolute atomic E-state index is 13.4. The van der Waals surface area contributed by atoms with Gasteiger partial charge in [0.1, 0.15) is 6.04 Å². The summed E-state index contributed by atoms with van der Waals surface area (Å²) in [7, 11) is 0. The minimum atomic E-state index is -1.00. The number of piperidine rings is 1. The molecular weight excluding hydrogens is 580 g/mol. The number of rotatable bonds is 7. The minimum absolute atomic E-state index is 0.0773. The maximum atomic E-state index is 13.4. The molecule has 0 saturated carbocycles. The van der Waals surface area contributed by atoms with Crippen molar-refractivity contribution >= 4 is 46.6 Å². The maximum Gasteiger partial charge on any atom is 0.264 e. The van der Waals surface area contributed by atoms with Crippen molar-refractivity contribution in [2.24, 2.45) is 0 Å². The monoisotopic (exact) mass is 610 g/mol. The lowest BCUT2D eigenvalue weighted by Gasteiger charge is -2.36. The summed E-state index contributed by atoms with van der Waals surface area (Å²) in [6, 6.07) is 17.9. The van der Waals surface area contributed by atoms with Gasteiger partial charge in [0, 0.05) is 51.4 Å². The van der Waals surface area contributed by atoms with Gasteiger partial charge < -0.3 is 10.2 Å². The first-order valence-corrected chi connectivity index (χ1v) is 14.9. The smallest absolute Gasteiger partial charge is 0.264 e. The zero-order chi connectivity index (χ0) is 31.0. The summed E-state index contributed by atoms with van der Waals surface area (Å²) >= 11 is 6.43. The highest BCUT2D eigenvalue weighted by Gasteiger charge is 2.45. The highest BCUT2D eigenvalue weighted by molar-refractivity contribution is 6.33. The number of carbonyl (C=O) groups is 4. The lowest BCUT2D eigenvalue weighted by Crippen LogP contribution is -2.54. The number of benzene rings is 3. The predicted molar refractivity (Wildman–Crippen MR) is 165 cm³/mol. The van der Waals surface area contributed by atoms with Gasteiger partial charge in [-0.3, -0.25) is 34.3 Å². The fourth-order valence-electron chi connectivity index (χ4n) is 6.13. The topological polar surface area (TPSA) is 126 Å². The number of aryl methyl sites for hydroxylation is 1. The molecule has 0 radical (unpaired) electrons. The Morgan fingerprint density at radius 1 is 1.00 bits per heavy atom. The molecule has 6 rings (SSSR count). The van der Waals surface area contributed by atoms with Crippen LogP contribution < -0.4 is 15.5 Å². The van der Waals surface area contributed by atoms with E-state index >= 15 is 0 Å². The van der Waals surface area contributed by atoms with E-state index in [-0.39, 0.29) is 24.0 Å². The Bertz CT molecular complexity index is 1730. The lowest BCUT2D eigenvalue weighted by atomic mass is 10.0. The fourth-order valence-corrected chi connectivity index (χ4v) is 6.43. The van der Waals surface area contributed by atoms with Crippen molar-refractivity contribution in [1.29, 1.82) is 5.26 Å². The van der Waals surface area contributed by atoms with Crippen LogP contribution in [-0.4, -0.2) is 65.6 Å². The number of nitriles is 1. The van der Waals surface area contributed by atoms with Crippen molar-refractivity contribution in [3.8, 4) is 6.07 Å². The molecule has 0 spiro atoms. The van der Waals surface area contributed by atoms with Gasteiger partial charge >= 0.3 is 0 Å². The van der Waals surface area contributed by atoms with E-state index in [4.69, 9.17) is 16.9 Å². The van der Waals surface area contributed by atoms with Crippen LogP contribution in [-0.2, 0) is 22.7 Å². The van der Waals surface area contributed by atoms with Gasteiger partial charge in [0.05, 0.1) is 33.5 Å². The number of anilines is 2. The summed E-state index contributed by atoms with van der Waals surface area (Å²) < 4.78 is 0. The molecule has 2 fully saturated rings. The van der Waals surface area contributed by atoms with Crippen LogP contribution in [0, 0.1) is 18.3 Å². The van der Waals surface area contributed by atoms with Crippen LogP contribution in [0.25, 0.3) is 0 Å². The third-order valence-electron chi connectivity index (χ3n) is 8.54. The summed E-state index contributed by atoms with van der Waals surface area (Å²) in [5.41, 5.74) is 5.96. The van der Waals surface area contributed by atoms with E-state index in [0.717, 1.165) is 54.4 Å². The molecule has 3 aromatic rings. The highest BCUT2D eigenvalue weighted by atomic mass is 35.5. The minimum Gasteiger partial charge on any atom is -0.380 e.